The van der Waals surface area contributed by atoms with Crippen molar-refractivity contribution >= 4 is 60.7 Å². The van der Waals surface area contributed by atoms with Crippen LogP contribution in [0.5, 0.6) is 5.75 Å². The highest BCUT2D eigenvalue weighted by atomic mass is 79.9. The molecule has 110 valence electrons. The van der Waals surface area contributed by atoms with Crippen LogP contribution in [0.3, 0.4) is 0 Å². The second-order valence-corrected chi connectivity index (χ2v) is 7.19. The zero-order valence-electron chi connectivity index (χ0n) is 10.6. The molecule has 1 aromatic carbocycles. The Morgan fingerprint density at radius 1 is 1.29 bits per heavy atom. The topological polar surface area (TPSA) is 81.4 Å². The summed E-state index contributed by atoms with van der Waals surface area (Å²) in [5, 5.41) is 2.76. The van der Waals surface area contributed by atoms with Crippen molar-refractivity contribution in [3.05, 3.63) is 43.5 Å². The number of hydrogen-bond acceptors (Lipinski definition) is 4. The molecule has 2 rings (SSSR count). The first-order chi connectivity index (χ1) is 9.95. The molecule has 0 aliphatic heterocycles. The fourth-order valence-electron chi connectivity index (χ4n) is 1.47. The number of amides is 2. The first-order valence-corrected chi connectivity index (χ1v) is 8.13. The van der Waals surface area contributed by atoms with Crippen molar-refractivity contribution < 1.29 is 14.3 Å². The molecule has 8 heteroatoms. The maximum absolute atomic E-state index is 12.1. The smallest absolute Gasteiger partial charge is 0.265 e. The SMILES string of the molecule is NC(=O)COc1cccc(NC(=O)c2cc(Br)c(Br)s2)c1. The van der Waals surface area contributed by atoms with Crippen LogP contribution in [0, 0.1) is 0 Å². The minimum Gasteiger partial charge on any atom is -0.484 e. The van der Waals surface area contributed by atoms with E-state index in [1.807, 2.05) is 0 Å². The van der Waals surface area contributed by atoms with Crippen molar-refractivity contribution in [2.75, 3.05) is 11.9 Å². The molecular weight excluding hydrogens is 424 g/mol. The number of thiophene rings is 1. The minimum absolute atomic E-state index is 0.206. The van der Waals surface area contributed by atoms with Gasteiger partial charge in [0.05, 0.1) is 8.66 Å². The van der Waals surface area contributed by atoms with Gasteiger partial charge in [-0.3, -0.25) is 9.59 Å². The first kappa shape index (κ1) is 16.0. The van der Waals surface area contributed by atoms with Gasteiger partial charge in [0, 0.05) is 16.2 Å². The van der Waals surface area contributed by atoms with Crippen molar-refractivity contribution in [2.24, 2.45) is 5.73 Å². The van der Waals surface area contributed by atoms with Crippen LogP contribution >= 0.6 is 43.2 Å². The summed E-state index contributed by atoms with van der Waals surface area (Å²) in [5.41, 5.74) is 5.58. The molecule has 0 aliphatic carbocycles. The van der Waals surface area contributed by atoms with Crippen LogP contribution in [0.4, 0.5) is 5.69 Å². The number of rotatable bonds is 5. The maximum Gasteiger partial charge on any atom is 0.265 e. The van der Waals surface area contributed by atoms with Crippen LogP contribution in [0.1, 0.15) is 9.67 Å². The van der Waals surface area contributed by atoms with E-state index in [0.717, 1.165) is 8.26 Å². The third kappa shape index (κ3) is 4.55. The summed E-state index contributed by atoms with van der Waals surface area (Å²) < 4.78 is 6.86. The van der Waals surface area contributed by atoms with Gasteiger partial charge in [-0.15, -0.1) is 11.3 Å². The molecule has 3 N–H and O–H groups in total. The van der Waals surface area contributed by atoms with Gasteiger partial charge in [0.25, 0.3) is 11.8 Å². The molecule has 0 fully saturated rings. The van der Waals surface area contributed by atoms with E-state index in [1.165, 1.54) is 11.3 Å². The average molecular weight is 434 g/mol. The molecule has 0 saturated heterocycles. The molecule has 0 radical (unpaired) electrons. The molecule has 1 heterocycles. The van der Waals surface area contributed by atoms with E-state index in [0.29, 0.717) is 16.3 Å². The minimum atomic E-state index is -0.558. The highest BCUT2D eigenvalue weighted by Gasteiger charge is 2.12. The number of primary amides is 1. The molecule has 0 bridgehead atoms. The third-order valence-electron chi connectivity index (χ3n) is 2.34. The van der Waals surface area contributed by atoms with Gasteiger partial charge in [-0.1, -0.05) is 6.07 Å². The highest BCUT2D eigenvalue weighted by Crippen LogP contribution is 2.32. The molecule has 0 saturated carbocycles. The van der Waals surface area contributed by atoms with Crippen LogP contribution in [0.2, 0.25) is 0 Å². The molecule has 1 aromatic heterocycles. The molecule has 2 aromatic rings. The monoisotopic (exact) mass is 432 g/mol. The van der Waals surface area contributed by atoms with E-state index < -0.39 is 5.91 Å². The Morgan fingerprint density at radius 2 is 2.05 bits per heavy atom. The number of nitrogens with one attached hydrogen (secondary N) is 1. The molecule has 2 amide bonds. The molecule has 0 spiro atoms. The third-order valence-corrected chi connectivity index (χ3v) is 5.60. The van der Waals surface area contributed by atoms with Gasteiger partial charge in [-0.2, -0.15) is 0 Å². The summed E-state index contributed by atoms with van der Waals surface area (Å²) in [7, 11) is 0. The predicted molar refractivity (Wildman–Crippen MR) is 88.8 cm³/mol. The largest absolute Gasteiger partial charge is 0.484 e. The van der Waals surface area contributed by atoms with Crippen molar-refractivity contribution in [2.45, 2.75) is 0 Å². The van der Waals surface area contributed by atoms with E-state index >= 15 is 0 Å². The van der Waals surface area contributed by atoms with Crippen LogP contribution < -0.4 is 15.8 Å². The van der Waals surface area contributed by atoms with Gasteiger partial charge >= 0.3 is 0 Å². The van der Waals surface area contributed by atoms with Crippen molar-refractivity contribution in [3.8, 4) is 5.75 Å². The van der Waals surface area contributed by atoms with Gasteiger partial charge in [0.2, 0.25) is 0 Å². The Bertz CT molecular complexity index is 668. The Balaban J connectivity index is 2.07. The quantitative estimate of drug-likeness (QED) is 0.758. The summed E-state index contributed by atoms with van der Waals surface area (Å²) >= 11 is 8.00. The lowest BCUT2D eigenvalue weighted by atomic mass is 10.3. The Labute approximate surface area is 141 Å². The second-order valence-electron chi connectivity index (χ2n) is 3.97. The number of carbonyl (C=O) groups excluding carboxylic acids is 2. The van der Waals surface area contributed by atoms with Crippen molar-refractivity contribution in [3.63, 3.8) is 0 Å². The summed E-state index contributed by atoms with van der Waals surface area (Å²) in [6.07, 6.45) is 0. The number of ether oxygens (including phenoxy) is 1. The summed E-state index contributed by atoms with van der Waals surface area (Å²) in [6.45, 7) is -0.206. The zero-order valence-corrected chi connectivity index (χ0v) is 14.5. The van der Waals surface area contributed by atoms with E-state index in [1.54, 1.807) is 30.3 Å². The van der Waals surface area contributed by atoms with Crippen molar-refractivity contribution in [1.82, 2.24) is 0 Å². The maximum atomic E-state index is 12.1. The lowest BCUT2D eigenvalue weighted by Crippen LogP contribution is -2.20. The first-order valence-electron chi connectivity index (χ1n) is 5.73. The number of benzene rings is 1. The van der Waals surface area contributed by atoms with Gasteiger partial charge in [0.1, 0.15) is 5.75 Å². The highest BCUT2D eigenvalue weighted by molar-refractivity contribution is 9.13. The molecule has 0 atom stereocenters. The fourth-order valence-corrected chi connectivity index (χ4v) is 3.40. The van der Waals surface area contributed by atoms with Gasteiger partial charge < -0.3 is 15.8 Å². The van der Waals surface area contributed by atoms with Crippen LogP contribution in [-0.4, -0.2) is 18.4 Å². The second kappa shape index (κ2) is 7.06. The molecule has 0 unspecified atom stereocenters. The number of halogens is 2. The molecular formula is C13H10Br2N2O3S. The van der Waals surface area contributed by atoms with E-state index in [2.05, 4.69) is 37.2 Å². The summed E-state index contributed by atoms with van der Waals surface area (Å²) in [4.78, 5) is 23.3. The number of anilines is 1. The molecule has 21 heavy (non-hydrogen) atoms. The molecule has 0 aliphatic rings. The lowest BCUT2D eigenvalue weighted by molar-refractivity contribution is -0.119. The van der Waals surface area contributed by atoms with Crippen LogP contribution in [-0.2, 0) is 4.79 Å². The lowest BCUT2D eigenvalue weighted by Gasteiger charge is -2.07. The van der Waals surface area contributed by atoms with Gasteiger partial charge in [-0.05, 0) is 50.1 Å². The zero-order chi connectivity index (χ0) is 15.4. The van der Waals surface area contributed by atoms with Gasteiger partial charge in [-0.25, -0.2) is 0 Å². The summed E-state index contributed by atoms with van der Waals surface area (Å²) in [6, 6.07) is 8.48. The van der Waals surface area contributed by atoms with Crippen LogP contribution in [0.15, 0.2) is 38.6 Å². The Kier molecular flexibility index (Phi) is 5.38. The standard InChI is InChI=1S/C13H10Br2N2O3S/c14-9-5-10(21-12(9)15)13(19)17-7-2-1-3-8(4-7)20-6-11(16)18/h1-5H,6H2,(H2,16,18)(H,17,19). The predicted octanol–water partition coefficient (Wildman–Crippen LogP) is 3.39. The fraction of sp³-hybridized carbons (Fsp3) is 0.0769. The summed E-state index contributed by atoms with van der Waals surface area (Å²) in [5.74, 6) is -0.323. The normalized spacial score (nSPS) is 10.2. The number of hydrogen-bond donors (Lipinski definition) is 2. The number of carbonyl (C=O) groups is 2. The van der Waals surface area contributed by atoms with E-state index in [-0.39, 0.29) is 12.5 Å². The van der Waals surface area contributed by atoms with Crippen molar-refractivity contribution in [1.29, 1.82) is 0 Å². The Hall–Kier alpha value is -1.38. The molecule has 5 nitrogen and oxygen atoms in total. The van der Waals surface area contributed by atoms with E-state index in [9.17, 15) is 9.59 Å². The van der Waals surface area contributed by atoms with E-state index in [4.69, 9.17) is 10.5 Å². The van der Waals surface area contributed by atoms with Crippen LogP contribution in [0.25, 0.3) is 0 Å². The van der Waals surface area contributed by atoms with Gasteiger partial charge in [0.15, 0.2) is 6.61 Å². The number of nitrogens with two attached hydrogens (primary N) is 1. The Morgan fingerprint density at radius 3 is 2.67 bits per heavy atom. The average Bonchev–Trinajstić information content (AvgIpc) is 2.77.